The third kappa shape index (κ3) is 3.51. The van der Waals surface area contributed by atoms with E-state index in [0.717, 1.165) is 0 Å². The van der Waals surface area contributed by atoms with Gasteiger partial charge in [-0.1, -0.05) is 11.6 Å². The normalized spacial score (nSPS) is 11.1. The van der Waals surface area contributed by atoms with Crippen molar-refractivity contribution in [2.75, 3.05) is 12.1 Å². The monoisotopic (exact) mass is 319 g/mol. The maximum absolute atomic E-state index is 10.6. The van der Waals surface area contributed by atoms with Gasteiger partial charge >= 0.3 is 0 Å². The first-order valence-electron chi connectivity index (χ1n) is 6.17. The molecule has 2 rings (SSSR count). The lowest BCUT2D eigenvalue weighted by atomic mass is 10.1. The molecular formula is C14H14ClN5O2. The molecular weight excluding hydrogens is 306 g/mol. The number of aldehydes is 1. The van der Waals surface area contributed by atoms with E-state index in [0.29, 0.717) is 34.1 Å². The Balaban J connectivity index is 2.54. The molecule has 0 aliphatic heterocycles. The zero-order valence-corrected chi connectivity index (χ0v) is 12.5. The lowest BCUT2D eigenvalue weighted by molar-refractivity contribution is -0.105. The number of hydrazine groups is 1. The van der Waals surface area contributed by atoms with Crippen LogP contribution in [0.2, 0.25) is 5.02 Å². The topological polar surface area (TPSA) is 107 Å². The van der Waals surface area contributed by atoms with Crippen LogP contribution >= 0.6 is 11.6 Å². The molecule has 1 heterocycles. The molecule has 114 valence electrons. The molecule has 1 aromatic heterocycles. The minimum Gasteiger partial charge on any atom is -0.481 e. The van der Waals surface area contributed by atoms with Gasteiger partial charge in [0.25, 0.3) is 0 Å². The summed E-state index contributed by atoms with van der Waals surface area (Å²) in [6.07, 6.45) is 3.18. The highest BCUT2D eigenvalue weighted by Crippen LogP contribution is 2.32. The maximum Gasteiger partial charge on any atom is 0.216 e. The molecule has 22 heavy (non-hydrogen) atoms. The fourth-order valence-electron chi connectivity index (χ4n) is 1.80. The number of rotatable bonds is 5. The van der Waals surface area contributed by atoms with Crippen LogP contribution < -0.4 is 21.3 Å². The fourth-order valence-corrected chi connectivity index (χ4v) is 1.97. The summed E-state index contributed by atoms with van der Waals surface area (Å²) in [5.74, 6) is 6.34. The summed E-state index contributed by atoms with van der Waals surface area (Å²) < 4.78 is 5.08. The van der Waals surface area contributed by atoms with Gasteiger partial charge in [0.05, 0.1) is 24.2 Å². The van der Waals surface area contributed by atoms with E-state index in [-0.39, 0.29) is 5.70 Å². The number of allylic oxidation sites excluding steroid dienone is 1. The second-order valence-corrected chi connectivity index (χ2v) is 4.70. The number of aromatic nitrogens is 2. The van der Waals surface area contributed by atoms with Crippen molar-refractivity contribution in [2.45, 2.75) is 0 Å². The van der Waals surface area contributed by atoms with Gasteiger partial charge in [0.1, 0.15) is 6.33 Å². The van der Waals surface area contributed by atoms with Crippen molar-refractivity contribution >= 4 is 23.6 Å². The van der Waals surface area contributed by atoms with E-state index in [1.807, 2.05) is 0 Å². The van der Waals surface area contributed by atoms with Gasteiger partial charge in [-0.2, -0.15) is 0 Å². The maximum atomic E-state index is 10.6. The van der Waals surface area contributed by atoms with Crippen LogP contribution in [0, 0.1) is 0 Å². The van der Waals surface area contributed by atoms with Gasteiger partial charge in [0.15, 0.2) is 6.29 Å². The van der Waals surface area contributed by atoms with Gasteiger partial charge in [-0.3, -0.25) is 9.80 Å². The van der Waals surface area contributed by atoms with E-state index < -0.39 is 0 Å². The highest BCUT2D eigenvalue weighted by molar-refractivity contribution is 6.31. The summed E-state index contributed by atoms with van der Waals surface area (Å²) in [4.78, 5) is 18.8. The summed E-state index contributed by atoms with van der Waals surface area (Å²) in [6, 6.07) is 6.71. The number of hydrogen-bond donors (Lipinski definition) is 2. The molecule has 0 atom stereocenters. The highest BCUT2D eigenvalue weighted by Gasteiger charge is 2.12. The molecule has 1 aromatic carbocycles. The predicted octanol–water partition coefficient (Wildman–Crippen LogP) is 1.48. The van der Waals surface area contributed by atoms with Crippen LogP contribution in [0.4, 0.5) is 5.69 Å². The van der Waals surface area contributed by atoms with E-state index in [1.165, 1.54) is 24.6 Å². The summed E-state index contributed by atoms with van der Waals surface area (Å²) in [6.45, 7) is 0. The van der Waals surface area contributed by atoms with Crippen LogP contribution in [0.1, 0.15) is 0 Å². The predicted molar refractivity (Wildman–Crippen MR) is 84.0 cm³/mol. The standard InChI is InChI=1S/C14H14ClN5O2/c1-22-14-5-12(18-8-19-14)11-4-9(15)2-3-13(11)20(17)6-10(16)7-21/h2-8H,16-17H2,1H3. The largest absolute Gasteiger partial charge is 0.481 e. The molecule has 0 saturated heterocycles. The van der Waals surface area contributed by atoms with Crippen LogP contribution in [0.25, 0.3) is 11.3 Å². The Bertz CT molecular complexity index is 720. The molecule has 0 bridgehead atoms. The number of halogens is 1. The SMILES string of the molecule is COc1cc(-c2cc(Cl)ccc2N(N)C=C(N)C=O)ncn1. The molecule has 0 spiro atoms. The van der Waals surface area contributed by atoms with Crippen molar-refractivity contribution in [3.8, 4) is 17.1 Å². The zero-order chi connectivity index (χ0) is 16.1. The summed E-state index contributed by atoms with van der Waals surface area (Å²) in [7, 11) is 1.51. The number of methoxy groups -OCH3 is 1. The average molecular weight is 320 g/mol. The summed E-state index contributed by atoms with van der Waals surface area (Å²) in [5, 5.41) is 1.74. The Hall–Kier alpha value is -2.64. The van der Waals surface area contributed by atoms with Crippen LogP contribution in [0.5, 0.6) is 5.88 Å². The summed E-state index contributed by atoms with van der Waals surface area (Å²) >= 11 is 6.05. The van der Waals surface area contributed by atoms with E-state index in [1.54, 1.807) is 24.3 Å². The third-order valence-electron chi connectivity index (χ3n) is 2.79. The molecule has 0 unspecified atom stereocenters. The lowest BCUT2D eigenvalue weighted by Crippen LogP contribution is -2.26. The minimum atomic E-state index is -0.0105. The number of nitrogens with two attached hydrogens (primary N) is 2. The van der Waals surface area contributed by atoms with E-state index >= 15 is 0 Å². The Morgan fingerprint density at radius 2 is 2.14 bits per heavy atom. The number of carbonyl (C=O) groups excluding carboxylic acids is 1. The third-order valence-corrected chi connectivity index (χ3v) is 3.02. The molecule has 0 aliphatic rings. The van der Waals surface area contributed by atoms with Gasteiger partial charge in [-0.15, -0.1) is 0 Å². The van der Waals surface area contributed by atoms with Crippen LogP contribution in [-0.2, 0) is 4.79 Å². The first kappa shape index (κ1) is 15.7. The van der Waals surface area contributed by atoms with Gasteiger partial charge < -0.3 is 10.5 Å². The van der Waals surface area contributed by atoms with Gasteiger partial charge in [-0.25, -0.2) is 15.8 Å². The number of benzene rings is 1. The number of anilines is 1. The Morgan fingerprint density at radius 3 is 2.82 bits per heavy atom. The Labute approximate surface area is 132 Å². The molecule has 4 N–H and O–H groups in total. The summed E-state index contributed by atoms with van der Waals surface area (Å²) in [5.41, 5.74) is 7.24. The van der Waals surface area contributed by atoms with Crippen LogP contribution in [0.3, 0.4) is 0 Å². The molecule has 0 saturated carbocycles. The molecule has 0 amide bonds. The van der Waals surface area contributed by atoms with E-state index in [9.17, 15) is 4.79 Å². The number of hydrogen-bond acceptors (Lipinski definition) is 7. The van der Waals surface area contributed by atoms with E-state index in [4.69, 9.17) is 27.9 Å². The van der Waals surface area contributed by atoms with Crippen LogP contribution in [0.15, 0.2) is 42.5 Å². The van der Waals surface area contributed by atoms with Gasteiger partial charge in [-0.05, 0) is 18.2 Å². The molecule has 0 aliphatic carbocycles. The molecule has 2 aromatic rings. The number of carbonyl (C=O) groups is 1. The molecule has 7 nitrogen and oxygen atoms in total. The molecule has 8 heteroatoms. The first-order chi connectivity index (χ1) is 10.5. The molecule has 0 radical (unpaired) electrons. The van der Waals surface area contributed by atoms with E-state index in [2.05, 4.69) is 9.97 Å². The smallest absolute Gasteiger partial charge is 0.216 e. The van der Waals surface area contributed by atoms with Crippen molar-refractivity contribution in [1.29, 1.82) is 0 Å². The van der Waals surface area contributed by atoms with Gasteiger partial charge in [0.2, 0.25) is 5.88 Å². The number of ether oxygens (including phenoxy) is 1. The molecule has 0 fully saturated rings. The second-order valence-electron chi connectivity index (χ2n) is 4.26. The quantitative estimate of drug-likeness (QED) is 0.372. The average Bonchev–Trinajstić information content (AvgIpc) is 2.54. The van der Waals surface area contributed by atoms with Crippen LogP contribution in [-0.4, -0.2) is 23.4 Å². The first-order valence-corrected chi connectivity index (χ1v) is 6.55. The second kappa shape index (κ2) is 6.88. The Kier molecular flexibility index (Phi) is 4.92. The Morgan fingerprint density at radius 1 is 1.36 bits per heavy atom. The lowest BCUT2D eigenvalue weighted by Gasteiger charge is -2.18. The van der Waals surface area contributed by atoms with Crippen molar-refractivity contribution in [1.82, 2.24) is 9.97 Å². The van der Waals surface area contributed by atoms with Crippen molar-refractivity contribution in [2.24, 2.45) is 11.6 Å². The van der Waals surface area contributed by atoms with Crippen molar-refractivity contribution in [3.05, 3.63) is 47.5 Å². The number of nitrogens with zero attached hydrogens (tertiary/aromatic N) is 3. The van der Waals surface area contributed by atoms with Gasteiger partial charge in [0, 0.05) is 22.9 Å². The fraction of sp³-hybridized carbons (Fsp3) is 0.0714. The highest BCUT2D eigenvalue weighted by atomic mass is 35.5. The minimum absolute atomic E-state index is 0.0105. The van der Waals surface area contributed by atoms with Crippen molar-refractivity contribution in [3.63, 3.8) is 0 Å². The zero-order valence-electron chi connectivity index (χ0n) is 11.7. The van der Waals surface area contributed by atoms with Crippen molar-refractivity contribution < 1.29 is 9.53 Å².